The van der Waals surface area contributed by atoms with Gasteiger partial charge in [-0.25, -0.2) is 9.79 Å². The lowest BCUT2D eigenvalue weighted by atomic mass is 9.95. The van der Waals surface area contributed by atoms with Gasteiger partial charge in [0.1, 0.15) is 0 Å². The fraction of sp³-hybridized carbons (Fsp3) is 0.310. The van der Waals surface area contributed by atoms with Crippen LogP contribution in [0.4, 0.5) is 0 Å². The summed E-state index contributed by atoms with van der Waals surface area (Å²) in [7, 11) is 0. The van der Waals surface area contributed by atoms with E-state index in [1.54, 1.807) is 44.2 Å². The van der Waals surface area contributed by atoms with Crippen molar-refractivity contribution in [3.63, 3.8) is 0 Å². The zero-order chi connectivity index (χ0) is 28.3. The van der Waals surface area contributed by atoms with E-state index in [-0.39, 0.29) is 29.4 Å². The van der Waals surface area contributed by atoms with Gasteiger partial charge >= 0.3 is 11.9 Å². The van der Waals surface area contributed by atoms with Crippen LogP contribution in [-0.4, -0.2) is 29.7 Å². The maximum absolute atomic E-state index is 13.8. The second-order valence-corrected chi connectivity index (χ2v) is 10.7. The molecule has 1 aromatic heterocycles. The molecule has 1 aliphatic heterocycles. The van der Waals surface area contributed by atoms with E-state index in [4.69, 9.17) is 25.8 Å². The number of ether oxygens (including phenoxy) is 3. The zero-order valence-electron chi connectivity index (χ0n) is 22.3. The normalized spacial score (nSPS) is 15.2. The van der Waals surface area contributed by atoms with Gasteiger partial charge < -0.3 is 14.2 Å². The van der Waals surface area contributed by atoms with Crippen molar-refractivity contribution in [1.29, 1.82) is 0 Å². The van der Waals surface area contributed by atoms with Crippen molar-refractivity contribution in [2.45, 2.75) is 40.7 Å². The lowest BCUT2D eigenvalue weighted by Crippen LogP contribution is -2.40. The summed E-state index contributed by atoms with van der Waals surface area (Å²) in [6, 6.07) is 11.3. The topological polar surface area (TPSA) is 96.2 Å². The lowest BCUT2D eigenvalue weighted by molar-refractivity contribution is -0.140. The Labute approximate surface area is 234 Å². The van der Waals surface area contributed by atoms with Crippen molar-refractivity contribution >= 4 is 41.0 Å². The number of thiazole rings is 1. The number of hydrogen-bond acceptors (Lipinski definition) is 8. The first kappa shape index (κ1) is 28.3. The van der Waals surface area contributed by atoms with E-state index in [0.717, 1.165) is 0 Å². The lowest BCUT2D eigenvalue weighted by Gasteiger charge is -2.25. The first-order valence-corrected chi connectivity index (χ1v) is 13.7. The van der Waals surface area contributed by atoms with Crippen molar-refractivity contribution in [2.75, 3.05) is 13.2 Å². The number of esters is 2. The summed E-state index contributed by atoms with van der Waals surface area (Å²) in [5.41, 5.74) is 1.63. The van der Waals surface area contributed by atoms with Gasteiger partial charge in [0.05, 0.1) is 35.1 Å². The molecule has 0 aliphatic carbocycles. The highest BCUT2D eigenvalue weighted by molar-refractivity contribution is 7.07. The van der Waals surface area contributed by atoms with Gasteiger partial charge in [0.2, 0.25) is 0 Å². The van der Waals surface area contributed by atoms with Crippen LogP contribution in [0.25, 0.3) is 6.08 Å². The van der Waals surface area contributed by atoms with E-state index < -0.39 is 18.0 Å². The third kappa shape index (κ3) is 6.15. The molecule has 0 fully saturated rings. The molecule has 2 heterocycles. The highest BCUT2D eigenvalue weighted by Crippen LogP contribution is 2.36. The maximum atomic E-state index is 13.8. The molecule has 1 aliphatic rings. The van der Waals surface area contributed by atoms with Gasteiger partial charge in [-0.2, -0.15) is 0 Å². The van der Waals surface area contributed by atoms with Gasteiger partial charge in [-0.3, -0.25) is 14.2 Å². The van der Waals surface area contributed by atoms with E-state index in [9.17, 15) is 14.4 Å². The van der Waals surface area contributed by atoms with Crippen LogP contribution >= 0.6 is 22.9 Å². The molecule has 3 aromatic rings. The van der Waals surface area contributed by atoms with Gasteiger partial charge in [-0.05, 0) is 55.2 Å². The summed E-state index contributed by atoms with van der Waals surface area (Å²) >= 11 is 7.55. The molecule has 2 aromatic carbocycles. The largest absolute Gasteiger partial charge is 0.490 e. The average Bonchev–Trinajstić information content (AvgIpc) is 3.18. The number of rotatable bonds is 8. The van der Waals surface area contributed by atoms with Gasteiger partial charge in [-0.15, -0.1) is 0 Å². The van der Waals surface area contributed by atoms with Crippen LogP contribution in [0.5, 0.6) is 11.5 Å². The summed E-state index contributed by atoms with van der Waals surface area (Å²) in [4.78, 5) is 43.9. The minimum atomic E-state index is -0.847. The van der Waals surface area contributed by atoms with Crippen LogP contribution in [-0.2, 0) is 14.3 Å². The number of aromatic nitrogens is 1. The Morgan fingerprint density at radius 3 is 2.59 bits per heavy atom. The van der Waals surface area contributed by atoms with Crippen LogP contribution in [0.2, 0.25) is 5.02 Å². The molecule has 1 atom stereocenters. The number of halogens is 1. The number of allylic oxidation sites excluding steroid dienone is 1. The predicted octanol–water partition coefficient (Wildman–Crippen LogP) is 4.41. The number of hydrogen-bond donors (Lipinski definition) is 0. The molecule has 0 saturated carbocycles. The van der Waals surface area contributed by atoms with E-state index in [1.165, 1.54) is 22.8 Å². The van der Waals surface area contributed by atoms with Crippen LogP contribution < -0.4 is 24.4 Å². The average molecular weight is 569 g/mol. The molecular formula is C29H29ClN2O6S. The maximum Gasteiger partial charge on any atom is 0.338 e. The molecule has 0 amide bonds. The first-order valence-electron chi connectivity index (χ1n) is 12.5. The first-order chi connectivity index (χ1) is 18.6. The molecule has 0 bridgehead atoms. The molecule has 39 heavy (non-hydrogen) atoms. The summed E-state index contributed by atoms with van der Waals surface area (Å²) in [6.07, 6.45) is 1.72. The SMILES string of the molecule is CCOc1cc([C@H]2C(C(=O)OCC(C)C)=C(C)N=c3s/c(=C/c4ccccc4Cl)c(=O)n32)ccc1OC(C)=O. The highest BCUT2D eigenvalue weighted by atomic mass is 35.5. The number of nitrogens with zero attached hydrogens (tertiary/aromatic N) is 2. The zero-order valence-corrected chi connectivity index (χ0v) is 23.9. The molecule has 0 saturated heterocycles. The number of carbonyl (C=O) groups excluding carboxylic acids is 2. The Bertz CT molecular complexity index is 1640. The molecule has 0 N–H and O–H groups in total. The molecule has 8 nitrogen and oxygen atoms in total. The van der Waals surface area contributed by atoms with E-state index >= 15 is 0 Å². The second kappa shape index (κ2) is 12.0. The van der Waals surface area contributed by atoms with Crippen LogP contribution in [0.3, 0.4) is 0 Å². The summed E-state index contributed by atoms with van der Waals surface area (Å²) in [5.74, 6) is -0.378. The van der Waals surface area contributed by atoms with Crippen molar-refractivity contribution in [1.82, 2.24) is 4.57 Å². The van der Waals surface area contributed by atoms with Crippen LogP contribution in [0, 0.1) is 5.92 Å². The number of fused-ring (bicyclic) bond motifs is 1. The smallest absolute Gasteiger partial charge is 0.338 e. The molecule has 0 spiro atoms. The quantitative estimate of drug-likeness (QED) is 0.295. The Morgan fingerprint density at radius 2 is 1.92 bits per heavy atom. The monoisotopic (exact) mass is 568 g/mol. The Morgan fingerprint density at radius 1 is 1.18 bits per heavy atom. The van der Waals surface area contributed by atoms with Gasteiger partial charge in [0.25, 0.3) is 5.56 Å². The van der Waals surface area contributed by atoms with Gasteiger partial charge in [0, 0.05) is 11.9 Å². The molecule has 0 unspecified atom stereocenters. The molecular weight excluding hydrogens is 540 g/mol. The standard InChI is InChI=1S/C29H29ClN2O6S/c1-6-36-23-13-20(11-12-22(23)38-18(5)33)26-25(28(35)37-15-16(2)3)17(4)31-29-32(26)27(34)24(39-29)14-19-9-7-8-10-21(19)30/h7-14,16,26H,6,15H2,1-5H3/b24-14+/t26-/m0/s1. The fourth-order valence-corrected chi connectivity index (χ4v) is 5.38. The van der Waals surface area contributed by atoms with Gasteiger partial charge in [-0.1, -0.05) is 61.1 Å². The number of carbonyl (C=O) groups is 2. The fourth-order valence-electron chi connectivity index (χ4n) is 4.15. The summed E-state index contributed by atoms with van der Waals surface area (Å²) in [6.45, 7) is 9.25. The third-order valence-corrected chi connectivity index (χ3v) is 7.15. The number of benzene rings is 2. The van der Waals surface area contributed by atoms with Crippen molar-refractivity contribution in [3.05, 3.63) is 89.6 Å². The Kier molecular flexibility index (Phi) is 8.72. The molecule has 204 valence electrons. The third-order valence-electron chi connectivity index (χ3n) is 5.82. The Hall–Kier alpha value is -3.69. The van der Waals surface area contributed by atoms with Crippen molar-refractivity contribution in [2.24, 2.45) is 10.9 Å². The Balaban J connectivity index is 1.94. The van der Waals surface area contributed by atoms with E-state index in [0.29, 0.717) is 43.5 Å². The van der Waals surface area contributed by atoms with Crippen molar-refractivity contribution < 1.29 is 23.8 Å². The van der Waals surface area contributed by atoms with Gasteiger partial charge in [0.15, 0.2) is 16.3 Å². The summed E-state index contributed by atoms with van der Waals surface area (Å²) < 4.78 is 18.6. The van der Waals surface area contributed by atoms with E-state index in [1.807, 2.05) is 32.0 Å². The predicted molar refractivity (Wildman–Crippen MR) is 150 cm³/mol. The minimum absolute atomic E-state index is 0.123. The van der Waals surface area contributed by atoms with Crippen LogP contribution in [0.15, 0.2) is 63.5 Å². The minimum Gasteiger partial charge on any atom is -0.490 e. The molecule has 10 heteroatoms. The van der Waals surface area contributed by atoms with Crippen molar-refractivity contribution in [3.8, 4) is 11.5 Å². The molecule has 0 radical (unpaired) electrons. The summed E-state index contributed by atoms with van der Waals surface area (Å²) in [5, 5.41) is 0.511. The highest BCUT2D eigenvalue weighted by Gasteiger charge is 2.34. The molecule has 4 rings (SSSR count). The van der Waals surface area contributed by atoms with Crippen LogP contribution in [0.1, 0.15) is 51.8 Å². The van der Waals surface area contributed by atoms with E-state index in [2.05, 4.69) is 4.99 Å². The second-order valence-electron chi connectivity index (χ2n) is 9.33.